The molecule has 0 aliphatic heterocycles. The second-order valence-corrected chi connectivity index (χ2v) is 3.58. The lowest BCUT2D eigenvalue weighted by molar-refractivity contribution is 0.193. The number of rotatable bonds is 5. The Labute approximate surface area is 95.8 Å². The molecule has 0 saturated carbocycles. The molecule has 0 aliphatic carbocycles. The summed E-state index contributed by atoms with van der Waals surface area (Å²) in [6.07, 6.45) is 0.0576. The van der Waals surface area contributed by atoms with Gasteiger partial charge < -0.3 is 19.3 Å². The molecule has 0 radical (unpaired) electrons. The number of benzene rings is 1. The SMILES string of the molecule is COc1cc(CC(C)O)c(OC)c(OC)c1. The minimum atomic E-state index is -0.439. The quantitative estimate of drug-likeness (QED) is 0.829. The molecule has 0 aliphatic rings. The molecule has 4 nitrogen and oxygen atoms in total. The molecule has 0 spiro atoms. The standard InChI is InChI=1S/C12H18O4/c1-8(13)5-9-6-10(14-2)7-11(15-3)12(9)16-4/h6-8,13H,5H2,1-4H3. The Balaban J connectivity index is 3.19. The molecule has 90 valence electrons. The van der Waals surface area contributed by atoms with Crippen LogP contribution in [0.3, 0.4) is 0 Å². The molecule has 0 fully saturated rings. The highest BCUT2D eigenvalue weighted by atomic mass is 16.5. The van der Waals surface area contributed by atoms with Crippen LogP contribution in [-0.4, -0.2) is 32.5 Å². The van der Waals surface area contributed by atoms with Crippen LogP contribution in [0.25, 0.3) is 0 Å². The molecule has 16 heavy (non-hydrogen) atoms. The maximum absolute atomic E-state index is 9.42. The zero-order chi connectivity index (χ0) is 12.1. The van der Waals surface area contributed by atoms with Gasteiger partial charge in [0.2, 0.25) is 0 Å². The van der Waals surface area contributed by atoms with E-state index in [1.165, 1.54) is 0 Å². The second-order valence-electron chi connectivity index (χ2n) is 3.58. The molecule has 4 heteroatoms. The van der Waals surface area contributed by atoms with E-state index in [9.17, 15) is 5.11 Å². The normalized spacial score (nSPS) is 12.1. The van der Waals surface area contributed by atoms with E-state index in [-0.39, 0.29) is 0 Å². The monoisotopic (exact) mass is 226 g/mol. The summed E-state index contributed by atoms with van der Waals surface area (Å²) in [6.45, 7) is 1.73. The first kappa shape index (κ1) is 12.6. The molecule has 0 bridgehead atoms. The number of aliphatic hydroxyl groups is 1. The Morgan fingerprint density at radius 1 is 1.12 bits per heavy atom. The number of ether oxygens (including phenoxy) is 3. The van der Waals surface area contributed by atoms with Crippen molar-refractivity contribution in [3.63, 3.8) is 0 Å². The highest BCUT2D eigenvalue weighted by Gasteiger charge is 2.14. The fourth-order valence-electron chi connectivity index (χ4n) is 1.60. The fourth-order valence-corrected chi connectivity index (χ4v) is 1.60. The van der Waals surface area contributed by atoms with Crippen LogP contribution in [0, 0.1) is 0 Å². The largest absolute Gasteiger partial charge is 0.497 e. The van der Waals surface area contributed by atoms with Gasteiger partial charge >= 0.3 is 0 Å². The van der Waals surface area contributed by atoms with Crippen LogP contribution in [0.4, 0.5) is 0 Å². The van der Waals surface area contributed by atoms with Gasteiger partial charge in [-0.15, -0.1) is 0 Å². The molecule has 1 atom stereocenters. The Morgan fingerprint density at radius 2 is 1.81 bits per heavy atom. The number of hydrogen-bond donors (Lipinski definition) is 1. The third kappa shape index (κ3) is 2.79. The van der Waals surface area contributed by atoms with E-state index in [1.807, 2.05) is 6.07 Å². The van der Waals surface area contributed by atoms with Crippen molar-refractivity contribution >= 4 is 0 Å². The summed E-state index contributed by atoms with van der Waals surface area (Å²) in [7, 11) is 4.74. The van der Waals surface area contributed by atoms with Crippen molar-refractivity contribution in [3.8, 4) is 17.2 Å². The van der Waals surface area contributed by atoms with Gasteiger partial charge in [-0.3, -0.25) is 0 Å². The summed E-state index contributed by atoms with van der Waals surface area (Å²) in [5, 5.41) is 9.42. The fraction of sp³-hybridized carbons (Fsp3) is 0.500. The second kappa shape index (κ2) is 5.61. The minimum absolute atomic E-state index is 0.439. The molecule has 1 aromatic rings. The smallest absolute Gasteiger partial charge is 0.164 e. The molecule has 1 rings (SSSR count). The van der Waals surface area contributed by atoms with Crippen molar-refractivity contribution in [2.24, 2.45) is 0 Å². The Morgan fingerprint density at radius 3 is 2.25 bits per heavy atom. The third-order valence-corrected chi connectivity index (χ3v) is 2.28. The van der Waals surface area contributed by atoms with Gasteiger partial charge in [-0.25, -0.2) is 0 Å². The van der Waals surface area contributed by atoms with Gasteiger partial charge in [0.25, 0.3) is 0 Å². The van der Waals surface area contributed by atoms with Crippen LogP contribution in [0.1, 0.15) is 12.5 Å². The maximum atomic E-state index is 9.42. The first-order valence-corrected chi connectivity index (χ1v) is 5.09. The van der Waals surface area contributed by atoms with E-state index < -0.39 is 6.10 Å². The molecule has 0 heterocycles. The lowest BCUT2D eigenvalue weighted by Gasteiger charge is -2.15. The Hall–Kier alpha value is -1.42. The summed E-state index contributed by atoms with van der Waals surface area (Å²) in [5.41, 5.74) is 0.869. The molecule has 1 aromatic carbocycles. The lowest BCUT2D eigenvalue weighted by Crippen LogP contribution is -2.07. The summed E-state index contributed by atoms with van der Waals surface area (Å²) in [5.74, 6) is 1.94. The van der Waals surface area contributed by atoms with E-state index in [2.05, 4.69) is 0 Å². The molecule has 0 amide bonds. The van der Waals surface area contributed by atoms with Crippen molar-refractivity contribution < 1.29 is 19.3 Å². The van der Waals surface area contributed by atoms with Crippen molar-refractivity contribution in [1.82, 2.24) is 0 Å². The maximum Gasteiger partial charge on any atom is 0.164 e. The van der Waals surface area contributed by atoms with Crippen LogP contribution >= 0.6 is 0 Å². The summed E-state index contributed by atoms with van der Waals surface area (Å²) < 4.78 is 15.7. The summed E-state index contributed by atoms with van der Waals surface area (Å²) in [4.78, 5) is 0. The predicted octanol–water partition coefficient (Wildman–Crippen LogP) is 1.64. The summed E-state index contributed by atoms with van der Waals surface area (Å²) in [6, 6.07) is 3.60. The van der Waals surface area contributed by atoms with Gasteiger partial charge in [-0.1, -0.05) is 0 Å². The molecular formula is C12H18O4. The van der Waals surface area contributed by atoms with E-state index in [1.54, 1.807) is 34.3 Å². The van der Waals surface area contributed by atoms with E-state index >= 15 is 0 Å². The van der Waals surface area contributed by atoms with Crippen molar-refractivity contribution in [3.05, 3.63) is 17.7 Å². The van der Waals surface area contributed by atoms with Crippen LogP contribution in [0.5, 0.6) is 17.2 Å². The number of hydrogen-bond acceptors (Lipinski definition) is 4. The Bertz CT molecular complexity index is 347. The number of methoxy groups -OCH3 is 3. The first-order chi connectivity index (χ1) is 7.62. The van der Waals surface area contributed by atoms with E-state index in [4.69, 9.17) is 14.2 Å². The predicted molar refractivity (Wildman–Crippen MR) is 61.5 cm³/mol. The molecule has 1 N–H and O–H groups in total. The average molecular weight is 226 g/mol. The highest BCUT2D eigenvalue weighted by molar-refractivity contribution is 5.52. The van der Waals surface area contributed by atoms with Gasteiger partial charge in [-0.05, 0) is 13.0 Å². The van der Waals surface area contributed by atoms with Gasteiger partial charge in [0.1, 0.15) is 5.75 Å². The van der Waals surface area contributed by atoms with Crippen molar-refractivity contribution in [2.45, 2.75) is 19.4 Å². The molecule has 1 unspecified atom stereocenters. The molecular weight excluding hydrogens is 208 g/mol. The van der Waals surface area contributed by atoms with Gasteiger partial charge in [0, 0.05) is 18.1 Å². The minimum Gasteiger partial charge on any atom is -0.497 e. The first-order valence-electron chi connectivity index (χ1n) is 5.09. The van der Waals surface area contributed by atoms with Crippen LogP contribution in [0.15, 0.2) is 12.1 Å². The van der Waals surface area contributed by atoms with Crippen LogP contribution in [-0.2, 0) is 6.42 Å². The molecule has 0 aromatic heterocycles. The van der Waals surface area contributed by atoms with E-state index in [0.29, 0.717) is 23.7 Å². The highest BCUT2D eigenvalue weighted by Crippen LogP contribution is 2.36. The number of aliphatic hydroxyl groups excluding tert-OH is 1. The summed E-state index contributed by atoms with van der Waals surface area (Å²) >= 11 is 0. The Kier molecular flexibility index (Phi) is 4.43. The zero-order valence-electron chi connectivity index (χ0n) is 10.1. The van der Waals surface area contributed by atoms with Crippen LogP contribution in [0.2, 0.25) is 0 Å². The van der Waals surface area contributed by atoms with Gasteiger partial charge in [-0.2, -0.15) is 0 Å². The van der Waals surface area contributed by atoms with Crippen molar-refractivity contribution in [1.29, 1.82) is 0 Å². The zero-order valence-corrected chi connectivity index (χ0v) is 10.1. The topological polar surface area (TPSA) is 47.9 Å². The van der Waals surface area contributed by atoms with E-state index in [0.717, 1.165) is 5.56 Å². The average Bonchev–Trinajstić information content (AvgIpc) is 2.27. The van der Waals surface area contributed by atoms with Crippen molar-refractivity contribution in [2.75, 3.05) is 21.3 Å². The van der Waals surface area contributed by atoms with Crippen LogP contribution < -0.4 is 14.2 Å². The third-order valence-electron chi connectivity index (χ3n) is 2.28. The van der Waals surface area contributed by atoms with Gasteiger partial charge in [0.15, 0.2) is 11.5 Å². The lowest BCUT2D eigenvalue weighted by atomic mass is 10.1. The molecule has 0 saturated heterocycles. The van der Waals surface area contributed by atoms with Gasteiger partial charge in [0.05, 0.1) is 27.4 Å².